The monoisotopic (exact) mass is 332 g/mol. The number of aromatic nitrogens is 3. The molecule has 6 heteroatoms. The van der Waals surface area contributed by atoms with Gasteiger partial charge in [-0.3, -0.25) is 4.79 Å². The van der Waals surface area contributed by atoms with Crippen molar-refractivity contribution < 1.29 is 4.79 Å². The number of benzene rings is 1. The van der Waals surface area contributed by atoms with Crippen LogP contribution in [0.5, 0.6) is 0 Å². The molecule has 5 nitrogen and oxygen atoms in total. The van der Waals surface area contributed by atoms with Crippen LogP contribution < -0.4 is 5.32 Å². The number of amides is 1. The highest BCUT2D eigenvalue weighted by Crippen LogP contribution is 2.18. The number of hydrogen-bond acceptors (Lipinski definition) is 4. The molecule has 23 heavy (non-hydrogen) atoms. The van der Waals surface area contributed by atoms with E-state index in [1.807, 2.05) is 24.3 Å². The molecular weight excluding hydrogens is 308 g/mol. The van der Waals surface area contributed by atoms with Crippen LogP contribution in [0.15, 0.2) is 29.4 Å². The average Bonchev–Trinajstić information content (AvgIpc) is 2.96. The molecule has 1 N–H and O–H groups in total. The average molecular weight is 332 g/mol. The van der Waals surface area contributed by atoms with Crippen molar-refractivity contribution in [3.05, 3.63) is 35.7 Å². The number of nitrogens with one attached hydrogen (secondary N) is 1. The molecule has 124 valence electrons. The summed E-state index contributed by atoms with van der Waals surface area (Å²) in [7, 11) is 0. The van der Waals surface area contributed by atoms with Gasteiger partial charge in [-0.2, -0.15) is 0 Å². The van der Waals surface area contributed by atoms with Crippen molar-refractivity contribution >= 4 is 23.4 Å². The van der Waals surface area contributed by atoms with Crippen LogP contribution in [0.3, 0.4) is 0 Å². The molecule has 0 saturated heterocycles. The first-order chi connectivity index (χ1) is 11.2. The Morgan fingerprint density at radius 3 is 2.48 bits per heavy atom. The van der Waals surface area contributed by atoms with E-state index in [1.54, 1.807) is 0 Å². The molecule has 0 aliphatic carbocycles. The molecule has 1 amide bonds. The highest BCUT2D eigenvalue weighted by atomic mass is 32.2. The van der Waals surface area contributed by atoms with Gasteiger partial charge >= 0.3 is 0 Å². The lowest BCUT2D eigenvalue weighted by Crippen LogP contribution is -2.14. The predicted octanol–water partition coefficient (Wildman–Crippen LogP) is 3.54. The molecule has 2 rings (SSSR count). The van der Waals surface area contributed by atoms with Gasteiger partial charge in [-0.15, -0.1) is 10.2 Å². The van der Waals surface area contributed by atoms with Crippen LogP contribution >= 0.6 is 11.8 Å². The van der Waals surface area contributed by atoms with Crippen molar-refractivity contribution in [3.8, 4) is 0 Å². The lowest BCUT2D eigenvalue weighted by Gasteiger charge is -2.08. The van der Waals surface area contributed by atoms with Gasteiger partial charge in [-0.25, -0.2) is 0 Å². The van der Waals surface area contributed by atoms with Crippen LogP contribution in [-0.4, -0.2) is 26.4 Å². The Hall–Kier alpha value is -1.82. The van der Waals surface area contributed by atoms with E-state index in [-0.39, 0.29) is 5.91 Å². The van der Waals surface area contributed by atoms with Crippen molar-refractivity contribution in [1.29, 1.82) is 0 Å². The van der Waals surface area contributed by atoms with Gasteiger partial charge in [0.15, 0.2) is 5.16 Å². The molecule has 2 aromatic rings. The van der Waals surface area contributed by atoms with Crippen LogP contribution in [0.25, 0.3) is 0 Å². The molecule has 0 fully saturated rings. The van der Waals surface area contributed by atoms with Gasteiger partial charge in [0.1, 0.15) is 5.82 Å². The number of aryl methyl sites for hydroxylation is 2. The second-order valence-corrected chi connectivity index (χ2v) is 6.23. The number of carbonyl (C=O) groups is 1. The Morgan fingerprint density at radius 1 is 1.13 bits per heavy atom. The van der Waals surface area contributed by atoms with Gasteiger partial charge in [0, 0.05) is 18.7 Å². The van der Waals surface area contributed by atoms with Crippen molar-refractivity contribution in [2.75, 3.05) is 11.1 Å². The molecule has 0 aliphatic rings. The van der Waals surface area contributed by atoms with E-state index in [4.69, 9.17) is 0 Å². The number of nitrogens with zero attached hydrogens (tertiary/aromatic N) is 3. The molecular formula is C17H24N4OS. The Bertz CT molecular complexity index is 637. The third-order valence-corrected chi connectivity index (χ3v) is 4.50. The van der Waals surface area contributed by atoms with Gasteiger partial charge < -0.3 is 9.88 Å². The summed E-state index contributed by atoms with van der Waals surface area (Å²) in [5.74, 6) is 1.29. The quantitative estimate of drug-likeness (QED) is 0.751. The summed E-state index contributed by atoms with van der Waals surface area (Å²) < 4.78 is 2.11. The zero-order chi connectivity index (χ0) is 16.7. The molecule has 0 radical (unpaired) electrons. The fraction of sp³-hybridized carbons (Fsp3) is 0.471. The first-order valence-electron chi connectivity index (χ1n) is 8.11. The number of rotatable bonds is 8. The van der Waals surface area contributed by atoms with Crippen LogP contribution in [0.2, 0.25) is 0 Å². The molecule has 1 aromatic carbocycles. The topological polar surface area (TPSA) is 59.8 Å². The largest absolute Gasteiger partial charge is 0.325 e. The van der Waals surface area contributed by atoms with Crippen molar-refractivity contribution in [2.45, 2.75) is 51.7 Å². The summed E-state index contributed by atoms with van der Waals surface area (Å²) in [6, 6.07) is 7.95. The van der Waals surface area contributed by atoms with Gasteiger partial charge in [-0.05, 0) is 30.5 Å². The van der Waals surface area contributed by atoms with Crippen LogP contribution in [0, 0.1) is 0 Å². The minimum Gasteiger partial charge on any atom is -0.325 e. The van der Waals surface area contributed by atoms with Crippen LogP contribution in [-0.2, 0) is 24.2 Å². The summed E-state index contributed by atoms with van der Waals surface area (Å²) in [6.45, 7) is 7.19. The standard InChI is InChI=1S/C17H24N4OS/c1-4-11-21-15(6-3)19-20-17(21)23-12-16(22)18-14-9-7-13(5-2)8-10-14/h7-10H,4-6,11-12H2,1-3H3,(H,18,22). The van der Waals surface area contributed by atoms with Gasteiger partial charge in [0.05, 0.1) is 5.75 Å². The zero-order valence-electron chi connectivity index (χ0n) is 14.0. The van der Waals surface area contributed by atoms with Crippen LogP contribution in [0.4, 0.5) is 5.69 Å². The van der Waals surface area contributed by atoms with E-state index in [1.165, 1.54) is 17.3 Å². The predicted molar refractivity (Wildman–Crippen MR) is 94.9 cm³/mol. The number of anilines is 1. The first-order valence-corrected chi connectivity index (χ1v) is 9.10. The Labute approximate surface area is 141 Å². The second kappa shape index (κ2) is 8.72. The van der Waals surface area contributed by atoms with E-state index in [0.29, 0.717) is 5.75 Å². The SMILES string of the molecule is CCCn1c(CC)nnc1SCC(=O)Nc1ccc(CC)cc1. The maximum atomic E-state index is 12.1. The maximum Gasteiger partial charge on any atom is 0.234 e. The van der Waals surface area contributed by atoms with Gasteiger partial charge in [-0.1, -0.05) is 44.7 Å². The Morgan fingerprint density at radius 2 is 1.87 bits per heavy atom. The third-order valence-electron chi connectivity index (χ3n) is 3.54. The molecule has 1 aromatic heterocycles. The number of carbonyl (C=O) groups excluding carboxylic acids is 1. The number of hydrogen-bond donors (Lipinski definition) is 1. The smallest absolute Gasteiger partial charge is 0.234 e. The van der Waals surface area contributed by atoms with E-state index in [9.17, 15) is 4.79 Å². The Balaban J connectivity index is 1.92. The van der Waals surface area contributed by atoms with Crippen LogP contribution in [0.1, 0.15) is 38.6 Å². The molecule has 0 spiro atoms. The highest BCUT2D eigenvalue weighted by molar-refractivity contribution is 7.99. The van der Waals surface area contributed by atoms with E-state index >= 15 is 0 Å². The summed E-state index contributed by atoms with van der Waals surface area (Å²) in [6.07, 6.45) is 2.87. The van der Waals surface area contributed by atoms with E-state index in [2.05, 4.69) is 40.9 Å². The van der Waals surface area contributed by atoms with Gasteiger partial charge in [0.2, 0.25) is 5.91 Å². The van der Waals surface area contributed by atoms with Crippen molar-refractivity contribution in [2.24, 2.45) is 0 Å². The molecule has 0 aliphatic heterocycles. The summed E-state index contributed by atoms with van der Waals surface area (Å²) in [5, 5.41) is 12.1. The minimum atomic E-state index is -0.0247. The van der Waals surface area contributed by atoms with Gasteiger partial charge in [0.25, 0.3) is 0 Å². The molecule has 0 atom stereocenters. The highest BCUT2D eigenvalue weighted by Gasteiger charge is 2.12. The molecule has 0 unspecified atom stereocenters. The summed E-state index contributed by atoms with van der Waals surface area (Å²) in [4.78, 5) is 12.1. The van der Waals surface area contributed by atoms with E-state index in [0.717, 1.165) is 42.5 Å². The molecule has 0 saturated carbocycles. The van der Waals surface area contributed by atoms with Crippen molar-refractivity contribution in [3.63, 3.8) is 0 Å². The number of thioether (sulfide) groups is 1. The third kappa shape index (κ3) is 4.82. The minimum absolute atomic E-state index is 0.0247. The van der Waals surface area contributed by atoms with E-state index < -0.39 is 0 Å². The fourth-order valence-corrected chi connectivity index (χ4v) is 3.07. The second-order valence-electron chi connectivity index (χ2n) is 5.29. The lowest BCUT2D eigenvalue weighted by molar-refractivity contribution is -0.113. The van der Waals surface area contributed by atoms with Crippen molar-refractivity contribution in [1.82, 2.24) is 14.8 Å². The maximum absolute atomic E-state index is 12.1. The molecule has 0 bridgehead atoms. The normalized spacial score (nSPS) is 10.7. The first kappa shape index (κ1) is 17.5. The summed E-state index contributed by atoms with van der Waals surface area (Å²) >= 11 is 1.44. The lowest BCUT2D eigenvalue weighted by atomic mass is 10.1. The summed E-state index contributed by atoms with van der Waals surface area (Å²) in [5.41, 5.74) is 2.09. The Kier molecular flexibility index (Phi) is 6.65. The molecule has 1 heterocycles. The fourth-order valence-electron chi connectivity index (χ4n) is 2.29. The zero-order valence-corrected chi connectivity index (χ0v) is 14.8.